The van der Waals surface area contributed by atoms with Crippen LogP contribution in [0.1, 0.15) is 16.1 Å². The molecule has 0 aliphatic rings. The van der Waals surface area contributed by atoms with Crippen molar-refractivity contribution in [3.63, 3.8) is 0 Å². The van der Waals surface area contributed by atoms with Gasteiger partial charge in [-0.05, 0) is 25.1 Å². The van der Waals surface area contributed by atoms with Gasteiger partial charge in [0.15, 0.2) is 0 Å². The van der Waals surface area contributed by atoms with Crippen molar-refractivity contribution in [1.29, 1.82) is 0 Å². The van der Waals surface area contributed by atoms with Crippen LogP contribution in [0.5, 0.6) is 11.5 Å². The van der Waals surface area contributed by atoms with Gasteiger partial charge in [-0.15, -0.1) is 0 Å². The second-order valence-electron chi connectivity index (χ2n) is 4.49. The standard InChI is InChI=1S/C15H16N2O2/c1-11-4-6-12(7-5-11)19-13-8-9-16-14(10-13)15(18)17(2)3/h4-10H,1-3H3. The Morgan fingerprint density at radius 3 is 2.42 bits per heavy atom. The van der Waals surface area contributed by atoms with Crippen molar-refractivity contribution in [2.45, 2.75) is 6.92 Å². The zero-order valence-corrected chi connectivity index (χ0v) is 11.3. The molecule has 0 N–H and O–H groups in total. The average molecular weight is 256 g/mol. The number of hydrogen-bond donors (Lipinski definition) is 0. The minimum absolute atomic E-state index is 0.144. The van der Waals surface area contributed by atoms with E-state index >= 15 is 0 Å². The van der Waals surface area contributed by atoms with Crippen molar-refractivity contribution in [2.24, 2.45) is 0 Å². The number of aromatic nitrogens is 1. The lowest BCUT2D eigenvalue weighted by Gasteiger charge is -2.11. The molecule has 1 aromatic carbocycles. The summed E-state index contributed by atoms with van der Waals surface area (Å²) in [6, 6.07) is 11.1. The Morgan fingerprint density at radius 1 is 1.11 bits per heavy atom. The summed E-state index contributed by atoms with van der Waals surface area (Å²) in [5.41, 5.74) is 1.54. The van der Waals surface area contributed by atoms with Crippen molar-refractivity contribution in [1.82, 2.24) is 9.88 Å². The number of carbonyl (C=O) groups excluding carboxylic acids is 1. The van der Waals surface area contributed by atoms with Crippen molar-refractivity contribution in [3.05, 3.63) is 53.9 Å². The molecule has 1 heterocycles. The minimum Gasteiger partial charge on any atom is -0.457 e. The van der Waals surface area contributed by atoms with Crippen LogP contribution in [-0.4, -0.2) is 29.9 Å². The largest absolute Gasteiger partial charge is 0.457 e. The maximum atomic E-state index is 11.8. The highest BCUT2D eigenvalue weighted by atomic mass is 16.5. The van der Waals surface area contributed by atoms with E-state index in [1.54, 1.807) is 32.4 Å². The summed E-state index contributed by atoms with van der Waals surface area (Å²) in [5, 5.41) is 0. The first-order chi connectivity index (χ1) is 9.06. The van der Waals surface area contributed by atoms with Crippen LogP contribution >= 0.6 is 0 Å². The first-order valence-corrected chi connectivity index (χ1v) is 5.98. The fourth-order valence-corrected chi connectivity index (χ4v) is 1.56. The van der Waals surface area contributed by atoms with E-state index < -0.39 is 0 Å². The molecular weight excluding hydrogens is 240 g/mol. The van der Waals surface area contributed by atoms with E-state index in [1.807, 2.05) is 31.2 Å². The summed E-state index contributed by atoms with van der Waals surface area (Å²) >= 11 is 0. The molecule has 0 atom stereocenters. The van der Waals surface area contributed by atoms with Gasteiger partial charge in [-0.3, -0.25) is 9.78 Å². The molecule has 0 saturated heterocycles. The highest BCUT2D eigenvalue weighted by Gasteiger charge is 2.10. The fourth-order valence-electron chi connectivity index (χ4n) is 1.56. The number of hydrogen-bond acceptors (Lipinski definition) is 3. The third-order valence-electron chi connectivity index (χ3n) is 2.61. The van der Waals surface area contributed by atoms with E-state index in [9.17, 15) is 4.79 Å². The zero-order chi connectivity index (χ0) is 13.8. The number of aryl methyl sites for hydroxylation is 1. The number of pyridine rings is 1. The van der Waals surface area contributed by atoms with Gasteiger partial charge in [-0.1, -0.05) is 17.7 Å². The molecule has 0 spiro atoms. The van der Waals surface area contributed by atoms with Crippen LogP contribution in [0, 0.1) is 6.92 Å². The molecule has 1 aromatic heterocycles. The monoisotopic (exact) mass is 256 g/mol. The maximum absolute atomic E-state index is 11.8. The third-order valence-corrected chi connectivity index (χ3v) is 2.61. The highest BCUT2D eigenvalue weighted by Crippen LogP contribution is 2.21. The molecule has 2 rings (SSSR count). The highest BCUT2D eigenvalue weighted by molar-refractivity contribution is 5.92. The van der Waals surface area contributed by atoms with Gasteiger partial charge in [0.05, 0.1) is 0 Å². The van der Waals surface area contributed by atoms with E-state index in [2.05, 4.69) is 4.98 Å². The molecule has 0 unspecified atom stereocenters. The van der Waals surface area contributed by atoms with Crippen LogP contribution in [0.15, 0.2) is 42.6 Å². The molecule has 98 valence electrons. The summed E-state index contributed by atoms with van der Waals surface area (Å²) in [6.45, 7) is 2.02. The van der Waals surface area contributed by atoms with Gasteiger partial charge < -0.3 is 9.64 Å². The second kappa shape index (κ2) is 5.52. The number of ether oxygens (including phenoxy) is 1. The molecule has 0 radical (unpaired) electrons. The van der Waals surface area contributed by atoms with E-state index in [0.29, 0.717) is 11.4 Å². The van der Waals surface area contributed by atoms with Crippen molar-refractivity contribution in [2.75, 3.05) is 14.1 Å². The first kappa shape index (κ1) is 13.1. The summed E-state index contributed by atoms with van der Waals surface area (Å²) in [4.78, 5) is 17.3. The first-order valence-electron chi connectivity index (χ1n) is 5.98. The van der Waals surface area contributed by atoms with Crippen LogP contribution in [0.25, 0.3) is 0 Å². The molecule has 0 saturated carbocycles. The molecule has 4 nitrogen and oxygen atoms in total. The number of benzene rings is 1. The molecule has 0 fully saturated rings. The Balaban J connectivity index is 2.19. The van der Waals surface area contributed by atoms with Crippen molar-refractivity contribution in [3.8, 4) is 11.5 Å². The Labute approximate surface area is 112 Å². The Morgan fingerprint density at radius 2 is 1.79 bits per heavy atom. The van der Waals surface area contributed by atoms with Crippen LogP contribution in [0.4, 0.5) is 0 Å². The number of amides is 1. The topological polar surface area (TPSA) is 42.4 Å². The third kappa shape index (κ3) is 3.31. The molecular formula is C15H16N2O2. The Kier molecular flexibility index (Phi) is 3.80. The molecule has 0 aliphatic carbocycles. The SMILES string of the molecule is Cc1ccc(Oc2ccnc(C(=O)N(C)C)c2)cc1. The Bertz CT molecular complexity index is 577. The number of nitrogens with zero attached hydrogens (tertiary/aromatic N) is 2. The van der Waals surface area contributed by atoms with E-state index in [1.165, 1.54) is 10.5 Å². The van der Waals surface area contributed by atoms with Gasteiger partial charge in [-0.25, -0.2) is 0 Å². The predicted molar refractivity (Wildman–Crippen MR) is 73.5 cm³/mol. The average Bonchev–Trinajstić information content (AvgIpc) is 2.41. The number of carbonyl (C=O) groups is 1. The van der Waals surface area contributed by atoms with Crippen LogP contribution < -0.4 is 4.74 Å². The van der Waals surface area contributed by atoms with Crippen molar-refractivity contribution >= 4 is 5.91 Å². The van der Waals surface area contributed by atoms with Gasteiger partial charge in [0.1, 0.15) is 17.2 Å². The summed E-state index contributed by atoms with van der Waals surface area (Å²) in [7, 11) is 3.38. The van der Waals surface area contributed by atoms with Crippen LogP contribution in [0.3, 0.4) is 0 Å². The normalized spacial score (nSPS) is 10.1. The lowest BCUT2D eigenvalue weighted by Crippen LogP contribution is -2.22. The molecule has 1 amide bonds. The summed E-state index contributed by atoms with van der Waals surface area (Å²) in [6.07, 6.45) is 1.57. The Hall–Kier alpha value is -2.36. The molecule has 19 heavy (non-hydrogen) atoms. The summed E-state index contributed by atoms with van der Waals surface area (Å²) in [5.74, 6) is 1.19. The van der Waals surface area contributed by atoms with E-state index in [4.69, 9.17) is 4.74 Å². The second-order valence-corrected chi connectivity index (χ2v) is 4.49. The van der Waals surface area contributed by atoms with Gasteiger partial charge in [0, 0.05) is 26.4 Å². The molecule has 2 aromatic rings. The van der Waals surface area contributed by atoms with E-state index in [-0.39, 0.29) is 5.91 Å². The lowest BCUT2D eigenvalue weighted by atomic mass is 10.2. The van der Waals surface area contributed by atoms with Gasteiger partial charge >= 0.3 is 0 Å². The smallest absolute Gasteiger partial charge is 0.272 e. The molecule has 4 heteroatoms. The van der Waals surface area contributed by atoms with Gasteiger partial charge in [0.25, 0.3) is 5.91 Å². The van der Waals surface area contributed by atoms with Crippen LogP contribution in [-0.2, 0) is 0 Å². The zero-order valence-electron chi connectivity index (χ0n) is 11.3. The minimum atomic E-state index is -0.144. The molecule has 0 aliphatic heterocycles. The lowest BCUT2D eigenvalue weighted by molar-refractivity contribution is 0.0821. The predicted octanol–water partition coefficient (Wildman–Crippen LogP) is 2.88. The maximum Gasteiger partial charge on any atom is 0.272 e. The summed E-state index contributed by atoms with van der Waals surface area (Å²) < 4.78 is 5.69. The molecule has 0 bridgehead atoms. The van der Waals surface area contributed by atoms with Crippen molar-refractivity contribution < 1.29 is 9.53 Å². The van der Waals surface area contributed by atoms with Crippen LogP contribution in [0.2, 0.25) is 0 Å². The van der Waals surface area contributed by atoms with Gasteiger partial charge in [-0.2, -0.15) is 0 Å². The quantitative estimate of drug-likeness (QED) is 0.848. The van der Waals surface area contributed by atoms with Gasteiger partial charge in [0.2, 0.25) is 0 Å². The van der Waals surface area contributed by atoms with E-state index in [0.717, 1.165) is 5.75 Å². The number of rotatable bonds is 3. The fraction of sp³-hybridized carbons (Fsp3) is 0.200.